The fourth-order valence-corrected chi connectivity index (χ4v) is 5.86. The molecule has 0 amide bonds. The molecule has 9 nitrogen and oxygen atoms in total. The third-order valence-electron chi connectivity index (χ3n) is 4.65. The molecule has 3 aromatic heterocycles. The van der Waals surface area contributed by atoms with Crippen LogP contribution in [0.4, 0.5) is 5.00 Å². The minimum atomic E-state index is -4.15. The first-order chi connectivity index (χ1) is 13.9. The van der Waals surface area contributed by atoms with Gasteiger partial charge in [0.05, 0.1) is 12.0 Å². The fourth-order valence-electron chi connectivity index (χ4n) is 3.27. The van der Waals surface area contributed by atoms with E-state index in [1.807, 2.05) is 6.92 Å². The Morgan fingerprint density at radius 2 is 2.14 bits per heavy atom. The maximum Gasteiger partial charge on any atom is 0.287 e. The van der Waals surface area contributed by atoms with Crippen molar-refractivity contribution in [1.29, 1.82) is 0 Å². The summed E-state index contributed by atoms with van der Waals surface area (Å²) in [6, 6.07) is 3.24. The second kappa shape index (κ2) is 7.25. The number of nitrogens with zero attached hydrogens (tertiary/aromatic N) is 3. The summed E-state index contributed by atoms with van der Waals surface area (Å²) in [7, 11) is -4.15. The van der Waals surface area contributed by atoms with E-state index in [4.69, 9.17) is 0 Å². The van der Waals surface area contributed by atoms with Crippen LogP contribution >= 0.6 is 11.3 Å². The summed E-state index contributed by atoms with van der Waals surface area (Å²) in [5.74, 6) is -0.628. The molecule has 11 heteroatoms. The number of fused-ring (bicyclic) bond motifs is 2. The van der Waals surface area contributed by atoms with E-state index in [0.717, 1.165) is 17.8 Å². The number of anilines is 1. The van der Waals surface area contributed by atoms with Crippen LogP contribution in [0.5, 0.6) is 5.75 Å². The minimum absolute atomic E-state index is 0.109. The molecule has 4 rings (SSSR count). The average Bonchev–Trinajstić information content (AvgIpc) is 3.12. The Morgan fingerprint density at radius 3 is 2.86 bits per heavy atom. The molecule has 3 aromatic rings. The van der Waals surface area contributed by atoms with Gasteiger partial charge in [-0.15, -0.1) is 15.7 Å². The number of nitrogens with one attached hydrogen (secondary N) is 1. The maximum absolute atomic E-state index is 13.2. The Kier molecular flexibility index (Phi) is 4.89. The number of aryl methyl sites for hydroxylation is 1. The second-order valence-corrected chi connectivity index (χ2v) is 8.95. The lowest BCUT2D eigenvalue weighted by molar-refractivity contribution is 0.279. The summed E-state index contributed by atoms with van der Waals surface area (Å²) in [4.78, 5) is 17.3. The molecule has 0 fully saturated rings. The summed E-state index contributed by atoms with van der Waals surface area (Å²) < 4.78 is 30.6. The molecule has 0 spiro atoms. The molecule has 0 saturated carbocycles. The van der Waals surface area contributed by atoms with Crippen LogP contribution in [0.2, 0.25) is 0 Å². The largest absolute Gasteiger partial charge is 0.506 e. The van der Waals surface area contributed by atoms with Gasteiger partial charge in [-0.05, 0) is 23.9 Å². The standard InChI is InChI=1S/C18H18N4O5S2/c1-2-3-7-22-16-11(5-4-6-19-16)13(24)12(18(22)25)15-20-17-14(29(26,27)21-15)10(8-23)9-28-17/h4-6,9,23-24H,2-3,7-8H2,1H3,(H,20,21). The summed E-state index contributed by atoms with van der Waals surface area (Å²) in [5, 5.41) is 25.1. The van der Waals surface area contributed by atoms with Gasteiger partial charge >= 0.3 is 0 Å². The molecule has 0 aliphatic carbocycles. The summed E-state index contributed by atoms with van der Waals surface area (Å²) in [5.41, 5.74) is -0.251. The smallest absolute Gasteiger partial charge is 0.287 e. The highest BCUT2D eigenvalue weighted by atomic mass is 32.2. The summed E-state index contributed by atoms with van der Waals surface area (Å²) >= 11 is 1.08. The Morgan fingerprint density at radius 1 is 1.34 bits per heavy atom. The van der Waals surface area contributed by atoms with Crippen molar-refractivity contribution in [3.8, 4) is 5.75 Å². The van der Waals surface area contributed by atoms with E-state index in [9.17, 15) is 23.4 Å². The van der Waals surface area contributed by atoms with Crippen LogP contribution in [-0.2, 0) is 23.2 Å². The third kappa shape index (κ3) is 3.11. The molecule has 4 heterocycles. The molecule has 0 unspecified atom stereocenters. The number of sulfonamides is 1. The van der Waals surface area contributed by atoms with E-state index in [1.54, 1.807) is 12.1 Å². The quantitative estimate of drug-likeness (QED) is 0.559. The van der Waals surface area contributed by atoms with Crippen molar-refractivity contribution < 1.29 is 18.6 Å². The van der Waals surface area contributed by atoms with Crippen molar-refractivity contribution in [1.82, 2.24) is 9.55 Å². The molecular formula is C18H18N4O5S2. The molecule has 29 heavy (non-hydrogen) atoms. The third-order valence-corrected chi connectivity index (χ3v) is 7.13. The van der Waals surface area contributed by atoms with E-state index < -0.39 is 22.2 Å². The van der Waals surface area contributed by atoms with Gasteiger partial charge in [-0.25, -0.2) is 4.98 Å². The molecule has 0 aromatic carbocycles. The predicted molar refractivity (Wildman–Crippen MR) is 110 cm³/mol. The highest BCUT2D eigenvalue weighted by Gasteiger charge is 2.33. The monoisotopic (exact) mass is 434 g/mol. The van der Waals surface area contributed by atoms with Crippen LogP contribution in [0.15, 0.2) is 37.8 Å². The average molecular weight is 434 g/mol. The Hall–Kier alpha value is -2.76. The van der Waals surface area contributed by atoms with Crippen LogP contribution in [0, 0.1) is 0 Å². The van der Waals surface area contributed by atoms with E-state index >= 15 is 0 Å². The number of rotatable bonds is 5. The zero-order valence-corrected chi connectivity index (χ0v) is 17.0. The number of aromatic hydroxyl groups is 1. The van der Waals surface area contributed by atoms with Crippen LogP contribution < -0.4 is 10.9 Å². The van der Waals surface area contributed by atoms with Gasteiger partial charge in [0, 0.05) is 18.3 Å². The molecule has 152 valence electrons. The van der Waals surface area contributed by atoms with Crippen molar-refractivity contribution in [2.75, 3.05) is 5.32 Å². The van der Waals surface area contributed by atoms with E-state index in [-0.39, 0.29) is 32.6 Å². The Bertz CT molecular complexity index is 1310. The van der Waals surface area contributed by atoms with Gasteiger partial charge < -0.3 is 15.5 Å². The summed E-state index contributed by atoms with van der Waals surface area (Å²) in [6.07, 6.45) is 3.08. The van der Waals surface area contributed by atoms with Crippen LogP contribution in [0.1, 0.15) is 30.9 Å². The number of pyridine rings is 2. The normalized spacial score (nSPS) is 15.0. The van der Waals surface area contributed by atoms with Crippen molar-refractivity contribution in [2.45, 2.75) is 37.8 Å². The van der Waals surface area contributed by atoms with Crippen molar-refractivity contribution in [3.63, 3.8) is 0 Å². The van der Waals surface area contributed by atoms with Crippen molar-refractivity contribution >= 4 is 43.2 Å². The molecule has 1 aliphatic rings. The summed E-state index contributed by atoms with van der Waals surface area (Å²) in [6.45, 7) is 1.90. The number of hydrogen-bond acceptors (Lipinski definition) is 8. The zero-order valence-electron chi connectivity index (χ0n) is 15.4. The van der Waals surface area contributed by atoms with E-state index in [0.29, 0.717) is 24.0 Å². The second-order valence-electron chi connectivity index (χ2n) is 6.53. The van der Waals surface area contributed by atoms with Crippen LogP contribution in [0.3, 0.4) is 0 Å². The van der Waals surface area contributed by atoms with E-state index in [2.05, 4.69) is 14.7 Å². The SMILES string of the molecule is CCCCn1c(=O)c(C2=NS(=O)(=O)c3c(CO)csc3N2)c(O)c2cccnc21. The predicted octanol–water partition coefficient (Wildman–Crippen LogP) is 2.02. The topological polar surface area (TPSA) is 134 Å². The Balaban J connectivity index is 1.98. The van der Waals surface area contributed by atoms with Gasteiger partial charge in [-0.3, -0.25) is 9.36 Å². The van der Waals surface area contributed by atoms with Gasteiger partial charge in [0.1, 0.15) is 26.9 Å². The zero-order chi connectivity index (χ0) is 20.8. The van der Waals surface area contributed by atoms with E-state index in [1.165, 1.54) is 16.1 Å². The minimum Gasteiger partial charge on any atom is -0.506 e. The lowest BCUT2D eigenvalue weighted by atomic mass is 10.1. The first-order valence-corrected chi connectivity index (χ1v) is 11.2. The van der Waals surface area contributed by atoms with Gasteiger partial charge in [-0.1, -0.05) is 13.3 Å². The fraction of sp³-hybridized carbons (Fsp3) is 0.278. The number of aromatic nitrogens is 2. The lowest BCUT2D eigenvalue weighted by Gasteiger charge is -2.18. The molecule has 1 aliphatic heterocycles. The number of thiophene rings is 1. The number of unbranched alkanes of at least 4 members (excludes halogenated alkanes) is 1. The van der Waals surface area contributed by atoms with Gasteiger partial charge in [-0.2, -0.15) is 8.42 Å². The molecule has 0 radical (unpaired) electrons. The molecule has 0 saturated heterocycles. The van der Waals surface area contributed by atoms with Crippen LogP contribution in [0.25, 0.3) is 11.0 Å². The van der Waals surface area contributed by atoms with Gasteiger partial charge in [0.25, 0.3) is 15.6 Å². The molecular weight excluding hydrogens is 416 g/mol. The molecule has 0 bridgehead atoms. The van der Waals surface area contributed by atoms with Crippen LogP contribution in [-0.4, -0.2) is 34.0 Å². The van der Waals surface area contributed by atoms with Gasteiger partial charge in [0.2, 0.25) is 0 Å². The number of aliphatic hydroxyl groups is 1. The van der Waals surface area contributed by atoms with Gasteiger partial charge in [0.15, 0.2) is 5.84 Å². The number of amidine groups is 1. The first kappa shape index (κ1) is 19.6. The number of hydrogen-bond donors (Lipinski definition) is 3. The lowest BCUT2D eigenvalue weighted by Crippen LogP contribution is -2.32. The highest BCUT2D eigenvalue weighted by molar-refractivity contribution is 7.90. The highest BCUT2D eigenvalue weighted by Crippen LogP contribution is 2.38. The Labute approximate surface area is 170 Å². The first-order valence-electron chi connectivity index (χ1n) is 8.93. The van der Waals surface area contributed by atoms with Crippen molar-refractivity contribution in [3.05, 3.63) is 45.2 Å². The number of aliphatic hydroxyl groups excluding tert-OH is 1. The maximum atomic E-state index is 13.2. The van der Waals surface area contributed by atoms with Crippen molar-refractivity contribution in [2.24, 2.45) is 4.40 Å². The molecule has 0 atom stereocenters. The molecule has 3 N–H and O–H groups in total.